The maximum Gasteiger partial charge on any atom is 0.255 e. The van der Waals surface area contributed by atoms with Gasteiger partial charge in [0.05, 0.1) is 6.42 Å². The van der Waals surface area contributed by atoms with E-state index in [1.807, 2.05) is 5.32 Å². The highest BCUT2D eigenvalue weighted by atomic mass is 16.3. The monoisotopic (exact) mass is 115 g/mol. The number of aliphatic hydroxyl groups is 1. The molecule has 0 bridgehead atoms. The van der Waals surface area contributed by atoms with E-state index in [2.05, 4.69) is 0 Å². The number of carbonyl (C=O) groups is 2. The lowest BCUT2D eigenvalue weighted by atomic mass is 10.3. The Bertz CT molecular complexity index is 142. The Morgan fingerprint density at radius 1 is 1.62 bits per heavy atom. The van der Waals surface area contributed by atoms with Crippen LogP contribution in [0.3, 0.4) is 0 Å². The van der Waals surface area contributed by atoms with Gasteiger partial charge in [0, 0.05) is 0 Å². The molecule has 0 spiro atoms. The van der Waals surface area contributed by atoms with Crippen LogP contribution in [0.2, 0.25) is 0 Å². The molecular formula is C4H5NO3. The molecule has 44 valence electrons. The minimum atomic E-state index is -1.11. The van der Waals surface area contributed by atoms with Gasteiger partial charge in [-0.3, -0.25) is 14.9 Å². The third-order valence-electron chi connectivity index (χ3n) is 0.944. The van der Waals surface area contributed by atoms with Crippen LogP contribution in [0.4, 0.5) is 0 Å². The number of carbonyl (C=O) groups excluding carboxylic acids is 2. The second kappa shape index (κ2) is 1.56. The fourth-order valence-corrected chi connectivity index (χ4v) is 0.540. The van der Waals surface area contributed by atoms with Gasteiger partial charge in [0.15, 0.2) is 0 Å². The van der Waals surface area contributed by atoms with Crippen LogP contribution in [0.1, 0.15) is 6.42 Å². The van der Waals surface area contributed by atoms with E-state index in [-0.39, 0.29) is 6.42 Å². The zero-order chi connectivity index (χ0) is 6.15. The lowest BCUT2D eigenvalue weighted by molar-refractivity contribution is -0.127. The molecule has 0 radical (unpaired) electrons. The first-order chi connectivity index (χ1) is 3.70. The van der Waals surface area contributed by atoms with Gasteiger partial charge in [-0.25, -0.2) is 0 Å². The molecule has 0 saturated carbocycles. The van der Waals surface area contributed by atoms with E-state index in [1.54, 1.807) is 0 Å². The van der Waals surface area contributed by atoms with Gasteiger partial charge >= 0.3 is 0 Å². The molecule has 1 fully saturated rings. The summed E-state index contributed by atoms with van der Waals surface area (Å²) in [5.41, 5.74) is 0. The summed E-state index contributed by atoms with van der Waals surface area (Å²) in [6.07, 6.45) is -1.19. The normalized spacial score (nSPS) is 28.4. The number of hydrogen-bond donors (Lipinski definition) is 2. The predicted octanol–water partition coefficient (Wildman–Crippen LogP) is -1.61. The highest BCUT2D eigenvalue weighted by molar-refractivity contribution is 6.04. The highest BCUT2D eigenvalue weighted by Gasteiger charge is 2.27. The largest absolute Gasteiger partial charge is 0.383 e. The number of rotatable bonds is 0. The molecule has 0 aliphatic carbocycles. The molecule has 4 heteroatoms. The molecule has 8 heavy (non-hydrogen) atoms. The standard InChI is InChI=1S/C4H5NO3/c6-2-1-3(7)5-4(2)8/h2,6H,1H2,(H,5,7,8)/t2-/m0/s1. The SMILES string of the molecule is O=C1C[C@H](O)C(=O)N1. The predicted molar refractivity (Wildman–Crippen MR) is 23.8 cm³/mol. The van der Waals surface area contributed by atoms with Gasteiger partial charge in [0.1, 0.15) is 6.10 Å². The minimum Gasteiger partial charge on any atom is -0.383 e. The number of imide groups is 1. The van der Waals surface area contributed by atoms with Gasteiger partial charge < -0.3 is 5.11 Å². The summed E-state index contributed by atoms with van der Waals surface area (Å²) in [6, 6.07) is 0. The minimum absolute atomic E-state index is 0.0845. The zero-order valence-electron chi connectivity index (χ0n) is 4.05. The number of aliphatic hydroxyl groups excluding tert-OH is 1. The smallest absolute Gasteiger partial charge is 0.255 e. The summed E-state index contributed by atoms with van der Waals surface area (Å²) in [5.74, 6) is -0.988. The second-order valence-electron chi connectivity index (χ2n) is 1.63. The first-order valence-corrected chi connectivity index (χ1v) is 2.22. The molecule has 0 unspecified atom stereocenters. The van der Waals surface area contributed by atoms with E-state index >= 15 is 0 Å². The Kier molecular flexibility index (Phi) is 1.02. The van der Waals surface area contributed by atoms with E-state index in [0.29, 0.717) is 0 Å². The summed E-state index contributed by atoms with van der Waals surface area (Å²) in [6.45, 7) is 0. The van der Waals surface area contributed by atoms with E-state index < -0.39 is 17.9 Å². The topological polar surface area (TPSA) is 66.4 Å². The van der Waals surface area contributed by atoms with Gasteiger partial charge in [-0.05, 0) is 0 Å². The van der Waals surface area contributed by atoms with Crippen LogP contribution in [0.25, 0.3) is 0 Å². The summed E-state index contributed by atoms with van der Waals surface area (Å²) in [5, 5.41) is 10.5. The van der Waals surface area contributed by atoms with Gasteiger partial charge in [-0.2, -0.15) is 0 Å². The Balaban J connectivity index is 2.64. The molecule has 0 aromatic carbocycles. The highest BCUT2D eigenvalue weighted by Crippen LogP contribution is 1.98. The van der Waals surface area contributed by atoms with Gasteiger partial charge in [-0.15, -0.1) is 0 Å². The molecule has 0 aromatic heterocycles. The van der Waals surface area contributed by atoms with E-state index in [4.69, 9.17) is 5.11 Å². The molecular weight excluding hydrogens is 110 g/mol. The number of nitrogens with one attached hydrogen (secondary N) is 1. The maximum absolute atomic E-state index is 10.2. The fourth-order valence-electron chi connectivity index (χ4n) is 0.540. The first-order valence-electron chi connectivity index (χ1n) is 2.22. The third kappa shape index (κ3) is 0.696. The molecule has 1 heterocycles. The molecule has 4 nitrogen and oxygen atoms in total. The van der Waals surface area contributed by atoms with Crippen molar-refractivity contribution >= 4 is 11.8 Å². The van der Waals surface area contributed by atoms with E-state index in [9.17, 15) is 9.59 Å². The van der Waals surface area contributed by atoms with Crippen molar-refractivity contribution in [3.8, 4) is 0 Å². The van der Waals surface area contributed by atoms with Crippen molar-refractivity contribution in [1.29, 1.82) is 0 Å². The lowest BCUT2D eigenvalue weighted by Gasteiger charge is -1.88. The molecule has 0 aromatic rings. The van der Waals surface area contributed by atoms with E-state index in [1.165, 1.54) is 0 Å². The van der Waals surface area contributed by atoms with Crippen molar-refractivity contribution in [2.45, 2.75) is 12.5 Å². The van der Waals surface area contributed by atoms with Crippen LogP contribution >= 0.6 is 0 Å². The molecule has 1 rings (SSSR count). The summed E-state index contributed by atoms with van der Waals surface area (Å²) in [4.78, 5) is 20.4. The van der Waals surface area contributed by atoms with Crippen molar-refractivity contribution < 1.29 is 14.7 Å². The Hall–Kier alpha value is -0.900. The Morgan fingerprint density at radius 2 is 2.25 bits per heavy atom. The quantitative estimate of drug-likeness (QED) is 0.373. The summed E-state index contributed by atoms with van der Waals surface area (Å²) in [7, 11) is 0. The van der Waals surface area contributed by atoms with Crippen LogP contribution in [-0.2, 0) is 9.59 Å². The third-order valence-corrected chi connectivity index (χ3v) is 0.944. The molecule has 1 saturated heterocycles. The molecule has 1 aliphatic heterocycles. The fraction of sp³-hybridized carbons (Fsp3) is 0.500. The van der Waals surface area contributed by atoms with Crippen LogP contribution in [0.5, 0.6) is 0 Å². The maximum atomic E-state index is 10.2. The average Bonchev–Trinajstić information content (AvgIpc) is 1.85. The van der Waals surface area contributed by atoms with E-state index in [0.717, 1.165) is 0 Å². The zero-order valence-corrected chi connectivity index (χ0v) is 4.05. The molecule has 2 N–H and O–H groups in total. The van der Waals surface area contributed by atoms with Crippen molar-refractivity contribution in [2.75, 3.05) is 0 Å². The molecule has 1 atom stereocenters. The van der Waals surface area contributed by atoms with Crippen molar-refractivity contribution in [1.82, 2.24) is 5.32 Å². The van der Waals surface area contributed by atoms with Gasteiger partial charge in [0.2, 0.25) is 5.91 Å². The van der Waals surface area contributed by atoms with Crippen LogP contribution in [0.15, 0.2) is 0 Å². The number of amides is 2. The van der Waals surface area contributed by atoms with Crippen LogP contribution in [-0.4, -0.2) is 23.0 Å². The Labute approximate surface area is 45.5 Å². The van der Waals surface area contributed by atoms with Crippen molar-refractivity contribution in [3.05, 3.63) is 0 Å². The van der Waals surface area contributed by atoms with Crippen molar-refractivity contribution in [2.24, 2.45) is 0 Å². The van der Waals surface area contributed by atoms with Crippen molar-refractivity contribution in [3.63, 3.8) is 0 Å². The second-order valence-corrected chi connectivity index (χ2v) is 1.63. The number of hydrogen-bond acceptors (Lipinski definition) is 3. The molecule has 2 amide bonds. The lowest BCUT2D eigenvalue weighted by Crippen LogP contribution is -2.24. The average molecular weight is 115 g/mol. The summed E-state index contributed by atoms with van der Waals surface area (Å²) >= 11 is 0. The Morgan fingerprint density at radius 3 is 2.38 bits per heavy atom. The molecule has 1 aliphatic rings. The van der Waals surface area contributed by atoms with Gasteiger partial charge in [0.25, 0.3) is 5.91 Å². The first kappa shape index (κ1) is 5.24. The van der Waals surface area contributed by atoms with Crippen LogP contribution < -0.4 is 5.32 Å². The van der Waals surface area contributed by atoms with Gasteiger partial charge in [-0.1, -0.05) is 0 Å². The summed E-state index contributed by atoms with van der Waals surface area (Å²) < 4.78 is 0. The van der Waals surface area contributed by atoms with Crippen LogP contribution in [0, 0.1) is 0 Å².